The Bertz CT molecular complexity index is 419. The standard InChI is InChI=1S/C8H11N5O/c1-12-6-9-2-8(12)4-13-3-7(5-14)10-11-13/h2-3,6,14H,4-5H2,1H3. The predicted molar refractivity (Wildman–Crippen MR) is 48.3 cm³/mol. The van der Waals surface area contributed by atoms with Gasteiger partial charge in [0.1, 0.15) is 5.69 Å². The minimum absolute atomic E-state index is 0.0780. The van der Waals surface area contributed by atoms with E-state index in [4.69, 9.17) is 5.11 Å². The van der Waals surface area contributed by atoms with Gasteiger partial charge in [0.2, 0.25) is 0 Å². The van der Waals surface area contributed by atoms with E-state index < -0.39 is 0 Å². The van der Waals surface area contributed by atoms with Crippen LogP contribution in [-0.2, 0) is 20.2 Å². The number of nitrogens with zero attached hydrogens (tertiary/aromatic N) is 5. The molecule has 0 saturated heterocycles. The van der Waals surface area contributed by atoms with E-state index >= 15 is 0 Å². The van der Waals surface area contributed by atoms with Crippen LogP contribution in [0.25, 0.3) is 0 Å². The van der Waals surface area contributed by atoms with Crippen molar-refractivity contribution in [1.29, 1.82) is 0 Å². The largest absolute Gasteiger partial charge is 0.390 e. The van der Waals surface area contributed by atoms with Gasteiger partial charge in [0.05, 0.1) is 37.6 Å². The molecule has 2 heterocycles. The fourth-order valence-electron chi connectivity index (χ4n) is 1.19. The molecular formula is C8H11N5O. The third kappa shape index (κ3) is 1.64. The fourth-order valence-corrected chi connectivity index (χ4v) is 1.19. The Hall–Kier alpha value is -1.69. The van der Waals surface area contributed by atoms with Crippen LogP contribution in [0.5, 0.6) is 0 Å². The van der Waals surface area contributed by atoms with Gasteiger partial charge in [-0.05, 0) is 0 Å². The molecule has 2 aromatic heterocycles. The first-order valence-electron chi connectivity index (χ1n) is 4.24. The lowest BCUT2D eigenvalue weighted by atomic mass is 10.4. The van der Waals surface area contributed by atoms with E-state index in [0.717, 1.165) is 5.69 Å². The fraction of sp³-hybridized carbons (Fsp3) is 0.375. The molecule has 0 amide bonds. The number of rotatable bonds is 3. The number of imidazole rings is 1. The first kappa shape index (κ1) is 8.89. The van der Waals surface area contributed by atoms with E-state index in [1.54, 1.807) is 23.4 Å². The SMILES string of the molecule is Cn1cncc1Cn1cc(CO)nn1. The summed E-state index contributed by atoms with van der Waals surface area (Å²) in [4.78, 5) is 4.00. The van der Waals surface area contributed by atoms with Gasteiger partial charge >= 0.3 is 0 Å². The average molecular weight is 193 g/mol. The maximum atomic E-state index is 8.80. The Morgan fingerprint density at radius 3 is 2.93 bits per heavy atom. The first-order chi connectivity index (χ1) is 6.79. The molecule has 0 radical (unpaired) electrons. The minimum Gasteiger partial charge on any atom is -0.390 e. The van der Waals surface area contributed by atoms with E-state index in [9.17, 15) is 0 Å². The maximum absolute atomic E-state index is 8.80. The quantitative estimate of drug-likeness (QED) is 0.717. The van der Waals surface area contributed by atoms with Crippen molar-refractivity contribution in [3.8, 4) is 0 Å². The molecule has 0 aromatic carbocycles. The molecule has 74 valence electrons. The van der Waals surface area contributed by atoms with Gasteiger partial charge in [-0.2, -0.15) is 0 Å². The van der Waals surface area contributed by atoms with E-state index in [-0.39, 0.29) is 6.61 Å². The third-order valence-electron chi connectivity index (χ3n) is 1.99. The summed E-state index contributed by atoms with van der Waals surface area (Å²) >= 11 is 0. The third-order valence-corrected chi connectivity index (χ3v) is 1.99. The maximum Gasteiger partial charge on any atom is 0.108 e. The molecular weight excluding hydrogens is 182 g/mol. The van der Waals surface area contributed by atoms with Crippen LogP contribution in [0.2, 0.25) is 0 Å². The van der Waals surface area contributed by atoms with Crippen LogP contribution in [0.4, 0.5) is 0 Å². The summed E-state index contributed by atoms with van der Waals surface area (Å²) in [7, 11) is 1.92. The number of aromatic nitrogens is 5. The second-order valence-electron chi connectivity index (χ2n) is 3.06. The molecule has 0 bridgehead atoms. The van der Waals surface area contributed by atoms with E-state index in [2.05, 4.69) is 15.3 Å². The summed E-state index contributed by atoms with van der Waals surface area (Å²) in [5, 5.41) is 16.4. The highest BCUT2D eigenvalue weighted by Crippen LogP contribution is 2.00. The Kier molecular flexibility index (Phi) is 2.28. The van der Waals surface area contributed by atoms with E-state index in [0.29, 0.717) is 12.2 Å². The van der Waals surface area contributed by atoms with Crippen molar-refractivity contribution in [3.05, 3.63) is 30.1 Å². The van der Waals surface area contributed by atoms with Gasteiger partial charge in [0, 0.05) is 7.05 Å². The van der Waals surface area contributed by atoms with Gasteiger partial charge in [-0.25, -0.2) is 9.67 Å². The van der Waals surface area contributed by atoms with Gasteiger partial charge in [0.15, 0.2) is 0 Å². The second kappa shape index (κ2) is 3.59. The predicted octanol–water partition coefficient (Wildman–Crippen LogP) is -0.448. The average Bonchev–Trinajstić information content (AvgIpc) is 2.77. The summed E-state index contributed by atoms with van der Waals surface area (Å²) in [6.45, 7) is 0.537. The van der Waals surface area contributed by atoms with Crippen LogP contribution in [0.1, 0.15) is 11.4 Å². The number of aliphatic hydroxyl groups excluding tert-OH is 1. The molecule has 0 spiro atoms. The smallest absolute Gasteiger partial charge is 0.108 e. The number of aliphatic hydroxyl groups is 1. The van der Waals surface area contributed by atoms with Crippen molar-refractivity contribution in [2.75, 3.05) is 0 Å². The van der Waals surface area contributed by atoms with Gasteiger partial charge in [-0.15, -0.1) is 5.10 Å². The zero-order chi connectivity index (χ0) is 9.97. The van der Waals surface area contributed by atoms with E-state index in [1.807, 2.05) is 11.6 Å². The van der Waals surface area contributed by atoms with Crippen LogP contribution in [0, 0.1) is 0 Å². The molecule has 0 aliphatic heterocycles. The molecule has 6 heteroatoms. The molecule has 0 unspecified atom stereocenters. The van der Waals surface area contributed by atoms with Crippen molar-refractivity contribution in [2.45, 2.75) is 13.2 Å². The molecule has 2 rings (SSSR count). The molecule has 1 N–H and O–H groups in total. The zero-order valence-electron chi connectivity index (χ0n) is 7.83. The number of hydrogen-bond donors (Lipinski definition) is 1. The Labute approximate surface area is 80.8 Å². The summed E-state index contributed by atoms with van der Waals surface area (Å²) in [5.74, 6) is 0. The minimum atomic E-state index is -0.0780. The van der Waals surface area contributed by atoms with Crippen molar-refractivity contribution in [3.63, 3.8) is 0 Å². The lowest BCUT2D eigenvalue weighted by Gasteiger charge is -2.00. The Morgan fingerprint density at radius 2 is 2.36 bits per heavy atom. The van der Waals surface area contributed by atoms with Crippen molar-refractivity contribution in [2.24, 2.45) is 7.05 Å². The van der Waals surface area contributed by atoms with Crippen molar-refractivity contribution >= 4 is 0 Å². The molecule has 0 aliphatic rings. The summed E-state index contributed by atoms with van der Waals surface area (Å²) in [6, 6.07) is 0. The Balaban J connectivity index is 2.15. The van der Waals surface area contributed by atoms with Crippen molar-refractivity contribution < 1.29 is 5.11 Å². The van der Waals surface area contributed by atoms with Crippen LogP contribution in [0.15, 0.2) is 18.7 Å². The molecule has 0 saturated carbocycles. The normalized spacial score (nSPS) is 10.7. The van der Waals surface area contributed by atoms with Gasteiger partial charge in [-0.1, -0.05) is 5.21 Å². The second-order valence-corrected chi connectivity index (χ2v) is 3.06. The lowest BCUT2D eigenvalue weighted by molar-refractivity contribution is 0.276. The Morgan fingerprint density at radius 1 is 1.50 bits per heavy atom. The molecule has 6 nitrogen and oxygen atoms in total. The molecule has 14 heavy (non-hydrogen) atoms. The number of hydrogen-bond acceptors (Lipinski definition) is 4. The zero-order valence-corrected chi connectivity index (χ0v) is 7.83. The van der Waals surface area contributed by atoms with Gasteiger partial charge in [0.25, 0.3) is 0 Å². The van der Waals surface area contributed by atoms with Crippen LogP contribution >= 0.6 is 0 Å². The molecule has 0 fully saturated rings. The van der Waals surface area contributed by atoms with Gasteiger partial charge < -0.3 is 9.67 Å². The van der Waals surface area contributed by atoms with Crippen molar-refractivity contribution in [1.82, 2.24) is 24.5 Å². The molecule has 2 aromatic rings. The van der Waals surface area contributed by atoms with Crippen LogP contribution in [0.3, 0.4) is 0 Å². The van der Waals surface area contributed by atoms with E-state index in [1.165, 1.54) is 0 Å². The van der Waals surface area contributed by atoms with Crippen LogP contribution < -0.4 is 0 Å². The topological polar surface area (TPSA) is 68.8 Å². The monoisotopic (exact) mass is 193 g/mol. The summed E-state index contributed by atoms with van der Waals surface area (Å²) in [6.07, 6.45) is 5.23. The van der Waals surface area contributed by atoms with Gasteiger partial charge in [-0.3, -0.25) is 0 Å². The highest BCUT2D eigenvalue weighted by atomic mass is 16.3. The molecule has 0 atom stereocenters. The molecule has 0 aliphatic carbocycles. The first-order valence-corrected chi connectivity index (χ1v) is 4.24. The summed E-state index contributed by atoms with van der Waals surface area (Å²) < 4.78 is 3.59. The lowest BCUT2D eigenvalue weighted by Crippen LogP contribution is -2.04. The number of aryl methyl sites for hydroxylation is 1. The highest BCUT2D eigenvalue weighted by molar-refractivity contribution is 4.99. The highest BCUT2D eigenvalue weighted by Gasteiger charge is 2.02. The van der Waals surface area contributed by atoms with Crippen LogP contribution in [-0.4, -0.2) is 29.7 Å². The summed E-state index contributed by atoms with van der Waals surface area (Å²) in [5.41, 5.74) is 1.62.